The van der Waals surface area contributed by atoms with Crippen LogP contribution in [0.3, 0.4) is 0 Å². The third kappa shape index (κ3) is 4.35. The van der Waals surface area contributed by atoms with Crippen molar-refractivity contribution in [3.05, 3.63) is 52.6 Å². The van der Waals surface area contributed by atoms with E-state index in [1.807, 2.05) is 23.1 Å². The first-order valence-electron chi connectivity index (χ1n) is 10.5. The van der Waals surface area contributed by atoms with Crippen molar-refractivity contribution in [1.82, 2.24) is 14.5 Å². The zero-order valence-electron chi connectivity index (χ0n) is 18.2. The summed E-state index contributed by atoms with van der Waals surface area (Å²) in [6, 6.07) is 12.5. The summed E-state index contributed by atoms with van der Waals surface area (Å²) in [5.41, 5.74) is 2.07. The van der Waals surface area contributed by atoms with E-state index in [-0.39, 0.29) is 23.8 Å². The van der Waals surface area contributed by atoms with Crippen molar-refractivity contribution in [2.75, 3.05) is 50.1 Å². The topological polar surface area (TPSA) is 106 Å². The number of aryl methyl sites for hydroxylation is 1. The third-order valence-corrected chi connectivity index (χ3v) is 5.65. The zero-order chi connectivity index (χ0) is 22.7. The normalized spacial score (nSPS) is 14.5. The average Bonchev–Trinajstić information content (AvgIpc) is 3.18. The van der Waals surface area contributed by atoms with Gasteiger partial charge in [-0.15, -0.1) is 0 Å². The summed E-state index contributed by atoms with van der Waals surface area (Å²) < 4.78 is 7.24. The van der Waals surface area contributed by atoms with Crippen LogP contribution in [0.5, 0.6) is 5.75 Å². The molecule has 10 nitrogen and oxygen atoms in total. The Morgan fingerprint density at radius 2 is 1.94 bits per heavy atom. The van der Waals surface area contributed by atoms with Crippen molar-refractivity contribution in [3.8, 4) is 5.75 Å². The molecular formula is C22H26N6O4. The van der Waals surface area contributed by atoms with E-state index < -0.39 is 4.92 Å². The van der Waals surface area contributed by atoms with E-state index in [0.29, 0.717) is 18.8 Å². The molecule has 0 aliphatic carbocycles. The van der Waals surface area contributed by atoms with Gasteiger partial charge in [-0.25, -0.2) is 4.98 Å². The number of nitrogens with one attached hydrogen (secondary N) is 1. The molecule has 4 rings (SSSR count). The van der Waals surface area contributed by atoms with Crippen LogP contribution in [-0.2, 0) is 11.3 Å². The average molecular weight is 438 g/mol. The summed E-state index contributed by atoms with van der Waals surface area (Å²) in [7, 11) is 1.44. The number of hydrogen-bond donors (Lipinski definition) is 1. The van der Waals surface area contributed by atoms with Crippen LogP contribution in [0.2, 0.25) is 0 Å². The molecule has 168 valence electrons. The fraction of sp³-hybridized carbons (Fsp3) is 0.364. The number of piperazine rings is 1. The lowest BCUT2D eigenvalue weighted by Gasteiger charge is -2.35. The first kappa shape index (κ1) is 21.6. The van der Waals surface area contributed by atoms with Gasteiger partial charge in [-0.05, 0) is 31.2 Å². The monoisotopic (exact) mass is 438 g/mol. The number of hydrogen-bond acceptors (Lipinski definition) is 7. The van der Waals surface area contributed by atoms with Crippen molar-refractivity contribution >= 4 is 34.3 Å². The molecule has 0 radical (unpaired) electrons. The minimum absolute atomic E-state index is 0.163. The van der Waals surface area contributed by atoms with Crippen molar-refractivity contribution in [2.45, 2.75) is 13.5 Å². The highest BCUT2D eigenvalue weighted by Crippen LogP contribution is 2.29. The van der Waals surface area contributed by atoms with Crippen LogP contribution in [0.4, 0.5) is 17.3 Å². The predicted octanol–water partition coefficient (Wildman–Crippen LogP) is 2.73. The van der Waals surface area contributed by atoms with Gasteiger partial charge in [-0.3, -0.25) is 19.8 Å². The molecule has 1 N–H and O–H groups in total. The second-order valence-electron chi connectivity index (χ2n) is 7.60. The molecule has 0 unspecified atom stereocenters. The molecule has 2 aromatic carbocycles. The smallest absolute Gasteiger partial charge is 0.296 e. The highest BCUT2D eigenvalue weighted by molar-refractivity contribution is 5.94. The number of carbonyl (C=O) groups is 1. The standard InChI is InChI=1S/C22H26N6O4/c1-3-27-19-7-5-4-6-17(19)24-22(27)26-12-10-25(11-13-26)15-21(29)23-18-9-8-16(32-2)14-20(18)28(30)31/h4-9,14H,3,10-13,15H2,1-2H3,(H,23,29). The van der Waals surface area contributed by atoms with Crippen molar-refractivity contribution in [3.63, 3.8) is 0 Å². The Balaban J connectivity index is 1.38. The quantitative estimate of drug-likeness (QED) is 0.447. The van der Waals surface area contributed by atoms with Gasteiger partial charge in [0.1, 0.15) is 11.4 Å². The molecule has 32 heavy (non-hydrogen) atoms. The molecule has 0 spiro atoms. The van der Waals surface area contributed by atoms with Crippen LogP contribution >= 0.6 is 0 Å². The highest BCUT2D eigenvalue weighted by atomic mass is 16.6. The van der Waals surface area contributed by atoms with Crippen molar-refractivity contribution in [2.24, 2.45) is 0 Å². The van der Waals surface area contributed by atoms with E-state index in [2.05, 4.69) is 27.8 Å². The molecule has 1 aliphatic rings. The van der Waals surface area contributed by atoms with Gasteiger partial charge in [-0.1, -0.05) is 12.1 Å². The van der Waals surface area contributed by atoms with Crippen LogP contribution in [0.25, 0.3) is 11.0 Å². The molecule has 3 aromatic rings. The van der Waals surface area contributed by atoms with E-state index >= 15 is 0 Å². The molecule has 0 atom stereocenters. The van der Waals surface area contributed by atoms with Crippen LogP contribution in [0, 0.1) is 10.1 Å². The van der Waals surface area contributed by atoms with Gasteiger partial charge in [0.2, 0.25) is 11.9 Å². The number of para-hydroxylation sites is 2. The molecule has 1 aliphatic heterocycles. The van der Waals surface area contributed by atoms with Crippen LogP contribution in [-0.4, -0.2) is 65.1 Å². The maximum atomic E-state index is 12.5. The van der Waals surface area contributed by atoms with Gasteiger partial charge in [0, 0.05) is 32.7 Å². The number of fused-ring (bicyclic) bond motifs is 1. The summed E-state index contributed by atoms with van der Waals surface area (Å²) in [5, 5.41) is 14.0. The zero-order valence-corrected chi connectivity index (χ0v) is 18.2. The fourth-order valence-electron chi connectivity index (χ4n) is 4.01. The molecule has 0 bridgehead atoms. The van der Waals surface area contributed by atoms with E-state index in [0.717, 1.165) is 36.6 Å². The Morgan fingerprint density at radius 1 is 1.19 bits per heavy atom. The number of rotatable bonds is 7. The molecule has 1 saturated heterocycles. The lowest BCUT2D eigenvalue weighted by molar-refractivity contribution is -0.384. The summed E-state index contributed by atoms with van der Waals surface area (Å²) in [5.74, 6) is 1.03. The number of nitro groups is 1. The Morgan fingerprint density at radius 3 is 2.62 bits per heavy atom. The second kappa shape index (κ2) is 9.23. The number of anilines is 2. The van der Waals surface area contributed by atoms with Crippen molar-refractivity contribution < 1.29 is 14.5 Å². The lowest BCUT2D eigenvalue weighted by Crippen LogP contribution is -2.49. The molecule has 10 heteroatoms. The summed E-state index contributed by atoms with van der Waals surface area (Å²) >= 11 is 0. The highest BCUT2D eigenvalue weighted by Gasteiger charge is 2.24. The number of benzene rings is 2. The number of methoxy groups -OCH3 is 1. The van der Waals surface area contributed by atoms with Gasteiger partial charge < -0.3 is 19.5 Å². The molecular weight excluding hydrogens is 412 g/mol. The first-order valence-corrected chi connectivity index (χ1v) is 10.5. The fourth-order valence-corrected chi connectivity index (χ4v) is 4.01. The molecule has 2 heterocycles. The summed E-state index contributed by atoms with van der Waals surface area (Å²) in [4.78, 5) is 32.4. The second-order valence-corrected chi connectivity index (χ2v) is 7.60. The SMILES string of the molecule is CCn1c(N2CCN(CC(=O)Nc3ccc(OC)cc3[N+](=O)[O-])CC2)nc2ccccc21. The van der Waals surface area contributed by atoms with Gasteiger partial charge in [0.25, 0.3) is 5.69 Å². The molecule has 0 saturated carbocycles. The third-order valence-electron chi connectivity index (χ3n) is 5.65. The maximum absolute atomic E-state index is 12.5. The number of aromatic nitrogens is 2. The van der Waals surface area contributed by atoms with E-state index in [1.165, 1.54) is 19.2 Å². The van der Waals surface area contributed by atoms with Crippen LogP contribution < -0.4 is 15.0 Å². The van der Waals surface area contributed by atoms with Crippen LogP contribution in [0.1, 0.15) is 6.92 Å². The van der Waals surface area contributed by atoms with Gasteiger partial charge >= 0.3 is 0 Å². The largest absolute Gasteiger partial charge is 0.496 e. The minimum Gasteiger partial charge on any atom is -0.496 e. The van der Waals surface area contributed by atoms with Crippen molar-refractivity contribution in [1.29, 1.82) is 0 Å². The number of imidazole rings is 1. The maximum Gasteiger partial charge on any atom is 0.296 e. The first-order chi connectivity index (χ1) is 15.5. The Kier molecular flexibility index (Phi) is 6.22. The van der Waals surface area contributed by atoms with Gasteiger partial charge in [0.15, 0.2) is 0 Å². The van der Waals surface area contributed by atoms with E-state index in [4.69, 9.17) is 9.72 Å². The summed E-state index contributed by atoms with van der Waals surface area (Å²) in [6.07, 6.45) is 0. The van der Waals surface area contributed by atoms with E-state index in [9.17, 15) is 14.9 Å². The molecule has 1 amide bonds. The molecule has 1 aromatic heterocycles. The lowest BCUT2D eigenvalue weighted by atomic mass is 10.2. The number of nitro benzene ring substituents is 1. The Bertz CT molecular complexity index is 1140. The van der Waals surface area contributed by atoms with Gasteiger partial charge in [0.05, 0.1) is 35.7 Å². The number of ether oxygens (including phenoxy) is 1. The Hall–Kier alpha value is -3.66. The Labute approximate surface area is 185 Å². The predicted molar refractivity (Wildman–Crippen MR) is 122 cm³/mol. The van der Waals surface area contributed by atoms with E-state index in [1.54, 1.807) is 6.07 Å². The van der Waals surface area contributed by atoms with Crippen LogP contribution in [0.15, 0.2) is 42.5 Å². The number of amides is 1. The minimum atomic E-state index is -0.531. The molecule has 1 fully saturated rings. The summed E-state index contributed by atoms with van der Waals surface area (Å²) in [6.45, 7) is 6.01. The number of carbonyl (C=O) groups excluding carboxylic acids is 1. The van der Waals surface area contributed by atoms with Gasteiger partial charge in [-0.2, -0.15) is 0 Å². The number of nitrogens with zero attached hydrogens (tertiary/aromatic N) is 5.